The lowest BCUT2D eigenvalue weighted by Crippen LogP contribution is -2.32. The molecule has 0 saturated heterocycles. The normalized spacial score (nSPS) is 13.2. The molecule has 2 heterocycles. The molecule has 0 unspecified atom stereocenters. The lowest BCUT2D eigenvalue weighted by Gasteiger charge is -2.32. The minimum absolute atomic E-state index is 0.301. The van der Waals surface area contributed by atoms with Crippen molar-refractivity contribution < 1.29 is 9.15 Å². The molecule has 1 aliphatic rings. The Morgan fingerprint density at radius 2 is 1.78 bits per heavy atom. The highest BCUT2D eigenvalue weighted by atomic mass is 35.5. The van der Waals surface area contributed by atoms with Gasteiger partial charge in [-0.2, -0.15) is 0 Å². The van der Waals surface area contributed by atoms with Gasteiger partial charge in [0.1, 0.15) is 11.3 Å². The van der Waals surface area contributed by atoms with E-state index in [9.17, 15) is 4.79 Å². The lowest BCUT2D eigenvalue weighted by atomic mass is 9.96. The van der Waals surface area contributed by atoms with Crippen molar-refractivity contribution in [3.05, 3.63) is 103 Å². The van der Waals surface area contributed by atoms with Crippen molar-refractivity contribution in [2.45, 2.75) is 26.8 Å². The molecule has 0 bridgehead atoms. The first-order valence-electron chi connectivity index (χ1n) is 10.4. The molecule has 3 aromatic carbocycles. The van der Waals surface area contributed by atoms with E-state index in [0.29, 0.717) is 40.9 Å². The van der Waals surface area contributed by atoms with Crippen molar-refractivity contribution in [2.24, 2.45) is 0 Å². The van der Waals surface area contributed by atoms with Crippen molar-refractivity contribution >= 4 is 39.9 Å². The fraction of sp³-hybridized carbons (Fsp3) is 0.192. The molecular weight excluding hydrogens is 445 g/mol. The predicted molar refractivity (Wildman–Crippen MR) is 129 cm³/mol. The molecule has 0 saturated carbocycles. The Morgan fingerprint density at radius 3 is 2.56 bits per heavy atom. The minimum Gasteiger partial charge on any atom is -0.472 e. The molecule has 1 aromatic heterocycles. The third-order valence-electron chi connectivity index (χ3n) is 6.06. The number of rotatable bonds is 3. The first-order chi connectivity index (χ1) is 15.4. The Kier molecular flexibility index (Phi) is 5.36. The number of anilines is 1. The van der Waals surface area contributed by atoms with Gasteiger partial charge in [0.25, 0.3) is 0 Å². The summed E-state index contributed by atoms with van der Waals surface area (Å²) < 4.78 is 11.9. The van der Waals surface area contributed by atoms with E-state index in [2.05, 4.69) is 6.07 Å². The Bertz CT molecular complexity index is 1400. The molecule has 0 spiro atoms. The van der Waals surface area contributed by atoms with Gasteiger partial charge in [-0.05, 0) is 43.2 Å². The molecule has 4 nitrogen and oxygen atoms in total. The highest BCUT2D eigenvalue weighted by Crippen LogP contribution is 2.40. The van der Waals surface area contributed by atoms with Crippen LogP contribution in [0.3, 0.4) is 0 Å². The van der Waals surface area contributed by atoms with Crippen LogP contribution in [0.5, 0.6) is 5.75 Å². The second-order valence-corrected chi connectivity index (χ2v) is 8.85. The van der Waals surface area contributed by atoms with Gasteiger partial charge in [0.05, 0.1) is 15.7 Å². The number of aryl methyl sites for hydroxylation is 2. The van der Waals surface area contributed by atoms with Gasteiger partial charge in [0.2, 0.25) is 0 Å². The largest absolute Gasteiger partial charge is 0.472 e. The fourth-order valence-corrected chi connectivity index (χ4v) is 4.75. The number of fused-ring (bicyclic) bond motifs is 2. The van der Waals surface area contributed by atoms with Crippen LogP contribution in [-0.4, -0.2) is 6.73 Å². The zero-order valence-electron chi connectivity index (χ0n) is 17.7. The van der Waals surface area contributed by atoms with Gasteiger partial charge in [-0.3, -0.25) is 0 Å². The molecule has 6 heteroatoms. The summed E-state index contributed by atoms with van der Waals surface area (Å²) >= 11 is 12.7. The van der Waals surface area contributed by atoms with Crippen LogP contribution in [0.25, 0.3) is 11.0 Å². The molecule has 1 aliphatic heterocycles. The number of benzene rings is 3. The van der Waals surface area contributed by atoms with Crippen molar-refractivity contribution in [2.75, 3.05) is 11.6 Å². The fourth-order valence-electron chi connectivity index (χ4n) is 4.34. The van der Waals surface area contributed by atoms with Crippen molar-refractivity contribution in [3.8, 4) is 5.75 Å². The van der Waals surface area contributed by atoms with E-state index < -0.39 is 0 Å². The summed E-state index contributed by atoms with van der Waals surface area (Å²) in [6.45, 7) is 4.86. The molecule has 162 valence electrons. The quantitative estimate of drug-likeness (QED) is 0.317. The topological polar surface area (TPSA) is 42.7 Å². The summed E-state index contributed by atoms with van der Waals surface area (Å²) in [5.74, 6) is 0.755. The maximum Gasteiger partial charge on any atom is 0.340 e. The summed E-state index contributed by atoms with van der Waals surface area (Å²) in [6, 6.07) is 17.6. The summed E-state index contributed by atoms with van der Waals surface area (Å²) in [6.07, 6.45) is 0.530. The molecule has 0 radical (unpaired) electrons. The van der Waals surface area contributed by atoms with Gasteiger partial charge >= 0.3 is 5.63 Å². The highest BCUT2D eigenvalue weighted by Gasteiger charge is 2.25. The lowest BCUT2D eigenvalue weighted by molar-refractivity contribution is 0.287. The number of halogens is 2. The first-order valence-corrected chi connectivity index (χ1v) is 11.1. The van der Waals surface area contributed by atoms with Gasteiger partial charge in [-0.15, -0.1) is 0 Å². The van der Waals surface area contributed by atoms with Crippen LogP contribution in [0.4, 0.5) is 5.69 Å². The maximum atomic E-state index is 12.8. The van der Waals surface area contributed by atoms with Crippen LogP contribution in [0.15, 0.2) is 63.8 Å². The minimum atomic E-state index is -0.301. The Balaban J connectivity index is 1.60. The molecule has 0 atom stereocenters. The second-order valence-electron chi connectivity index (χ2n) is 8.07. The summed E-state index contributed by atoms with van der Waals surface area (Å²) in [5.41, 5.74) is 5.63. The third-order valence-corrected chi connectivity index (χ3v) is 6.86. The van der Waals surface area contributed by atoms with Gasteiger partial charge in [-0.1, -0.05) is 59.6 Å². The van der Waals surface area contributed by atoms with E-state index in [1.54, 1.807) is 6.07 Å². The van der Waals surface area contributed by atoms with E-state index in [-0.39, 0.29) is 5.63 Å². The van der Waals surface area contributed by atoms with Crippen LogP contribution in [-0.2, 0) is 13.0 Å². The zero-order chi connectivity index (χ0) is 22.4. The molecular formula is C26H21Cl2NO3. The van der Waals surface area contributed by atoms with Crippen LogP contribution in [0.1, 0.15) is 27.8 Å². The molecule has 32 heavy (non-hydrogen) atoms. The van der Waals surface area contributed by atoms with Crippen LogP contribution >= 0.6 is 23.2 Å². The maximum absolute atomic E-state index is 12.8. The smallest absolute Gasteiger partial charge is 0.340 e. The Hall–Kier alpha value is -2.95. The average molecular weight is 466 g/mol. The van der Waals surface area contributed by atoms with Gasteiger partial charge in [-0.25, -0.2) is 4.79 Å². The predicted octanol–water partition coefficient (Wildman–Crippen LogP) is 6.66. The number of ether oxygens (including phenoxy) is 1. The van der Waals surface area contributed by atoms with E-state index in [0.717, 1.165) is 39.1 Å². The van der Waals surface area contributed by atoms with E-state index >= 15 is 0 Å². The Morgan fingerprint density at radius 1 is 1.00 bits per heavy atom. The van der Waals surface area contributed by atoms with Crippen LogP contribution in [0, 0.1) is 13.8 Å². The van der Waals surface area contributed by atoms with Crippen LogP contribution < -0.4 is 15.3 Å². The number of hydrogen-bond donors (Lipinski definition) is 0. The van der Waals surface area contributed by atoms with E-state index in [1.807, 2.05) is 61.2 Å². The molecule has 0 N–H and O–H groups in total. The Labute approximate surface area is 195 Å². The molecule has 0 amide bonds. The van der Waals surface area contributed by atoms with Crippen LogP contribution in [0.2, 0.25) is 10.0 Å². The standard InChI is InChI=1S/C26H21Cl2NO3/c1-15-19-12-18-13-29(22-10-6-9-21(27)23(22)28)14-31-24(18)16(2)25(19)32-26(30)20(15)11-17-7-4-3-5-8-17/h3-10,12H,11,13-14H2,1-2H3. The highest BCUT2D eigenvalue weighted by molar-refractivity contribution is 6.43. The van der Waals surface area contributed by atoms with Crippen molar-refractivity contribution in [1.82, 2.24) is 0 Å². The van der Waals surface area contributed by atoms with Crippen molar-refractivity contribution in [3.63, 3.8) is 0 Å². The third kappa shape index (κ3) is 3.54. The molecule has 0 aliphatic carbocycles. The van der Waals surface area contributed by atoms with Gasteiger partial charge in [0.15, 0.2) is 6.73 Å². The molecule has 4 aromatic rings. The monoisotopic (exact) mass is 465 g/mol. The average Bonchev–Trinajstić information content (AvgIpc) is 2.80. The number of nitrogens with zero attached hydrogens (tertiary/aromatic N) is 1. The van der Waals surface area contributed by atoms with Gasteiger partial charge < -0.3 is 14.1 Å². The molecule has 5 rings (SSSR count). The van der Waals surface area contributed by atoms with Crippen molar-refractivity contribution in [1.29, 1.82) is 0 Å². The van der Waals surface area contributed by atoms with Gasteiger partial charge in [0, 0.05) is 35.0 Å². The zero-order valence-corrected chi connectivity index (χ0v) is 19.3. The summed E-state index contributed by atoms with van der Waals surface area (Å²) in [4.78, 5) is 14.9. The van der Waals surface area contributed by atoms with E-state index in [1.165, 1.54) is 0 Å². The number of hydrogen-bond acceptors (Lipinski definition) is 4. The summed E-state index contributed by atoms with van der Waals surface area (Å²) in [5, 5.41) is 1.94. The second kappa shape index (κ2) is 8.19. The first kappa shape index (κ1) is 20.9. The summed E-state index contributed by atoms with van der Waals surface area (Å²) in [7, 11) is 0. The van der Waals surface area contributed by atoms with E-state index in [4.69, 9.17) is 32.4 Å². The molecule has 0 fully saturated rings. The SMILES string of the molecule is Cc1c(Cc2ccccc2)c(=O)oc2c(C)c3c(cc12)CN(c1cccc(Cl)c1Cl)CO3.